The molecule has 1 saturated heterocycles. The highest BCUT2D eigenvalue weighted by Gasteiger charge is 2.28. The van der Waals surface area contributed by atoms with Gasteiger partial charge in [-0.25, -0.2) is 9.78 Å². The number of aromatic nitrogens is 2. The maximum atomic E-state index is 11.9. The molecular weight excluding hydrogens is 264 g/mol. The van der Waals surface area contributed by atoms with Crippen LogP contribution in [0.5, 0.6) is 0 Å². The van der Waals surface area contributed by atoms with Gasteiger partial charge in [-0.15, -0.1) is 0 Å². The van der Waals surface area contributed by atoms with Gasteiger partial charge in [-0.2, -0.15) is 0 Å². The summed E-state index contributed by atoms with van der Waals surface area (Å²) in [6, 6.07) is -0.225. The Balaban J connectivity index is 1.72. The summed E-state index contributed by atoms with van der Waals surface area (Å²) in [7, 11) is 1.63. The molecule has 1 aromatic rings. The van der Waals surface area contributed by atoms with E-state index in [0.29, 0.717) is 26.1 Å². The van der Waals surface area contributed by atoms with Crippen molar-refractivity contribution in [1.29, 1.82) is 0 Å². The van der Waals surface area contributed by atoms with Crippen LogP contribution in [0.4, 0.5) is 0 Å². The van der Waals surface area contributed by atoms with E-state index in [2.05, 4.69) is 15.6 Å². The normalized spacial score (nSPS) is 21.9. The van der Waals surface area contributed by atoms with Gasteiger partial charge in [-0.3, -0.25) is 4.79 Å². The van der Waals surface area contributed by atoms with E-state index < -0.39 is 5.97 Å². The monoisotopic (exact) mass is 282 g/mol. The SMILES string of the molecule is COC1CNC(C(=O)NCCn2cnc(C(=O)O)c2)C1. The highest BCUT2D eigenvalue weighted by molar-refractivity contribution is 5.84. The van der Waals surface area contributed by atoms with Crippen molar-refractivity contribution in [2.24, 2.45) is 0 Å². The van der Waals surface area contributed by atoms with Crippen LogP contribution in [0, 0.1) is 0 Å². The van der Waals surface area contributed by atoms with Crippen LogP contribution >= 0.6 is 0 Å². The number of aromatic carboxylic acids is 1. The lowest BCUT2D eigenvalue weighted by molar-refractivity contribution is -0.123. The molecule has 2 atom stereocenters. The molecule has 2 rings (SSSR count). The highest BCUT2D eigenvalue weighted by atomic mass is 16.5. The Labute approximate surface area is 116 Å². The van der Waals surface area contributed by atoms with E-state index in [-0.39, 0.29) is 23.7 Å². The van der Waals surface area contributed by atoms with Crippen molar-refractivity contribution in [3.05, 3.63) is 18.2 Å². The fourth-order valence-corrected chi connectivity index (χ4v) is 2.11. The van der Waals surface area contributed by atoms with E-state index in [9.17, 15) is 9.59 Å². The van der Waals surface area contributed by atoms with Crippen molar-refractivity contribution in [2.45, 2.75) is 25.1 Å². The van der Waals surface area contributed by atoms with Gasteiger partial charge in [0.2, 0.25) is 5.91 Å². The molecule has 0 spiro atoms. The number of hydrogen-bond acceptors (Lipinski definition) is 5. The number of amides is 1. The molecule has 1 fully saturated rings. The second kappa shape index (κ2) is 6.49. The number of rotatable bonds is 6. The molecule has 20 heavy (non-hydrogen) atoms. The highest BCUT2D eigenvalue weighted by Crippen LogP contribution is 2.09. The molecule has 8 heteroatoms. The third-order valence-corrected chi connectivity index (χ3v) is 3.26. The van der Waals surface area contributed by atoms with Crippen molar-refractivity contribution < 1.29 is 19.4 Å². The number of ether oxygens (including phenoxy) is 1. The Kier molecular flexibility index (Phi) is 4.70. The van der Waals surface area contributed by atoms with Gasteiger partial charge in [0.05, 0.1) is 18.5 Å². The summed E-state index contributed by atoms with van der Waals surface area (Å²) in [6.45, 7) is 1.58. The quantitative estimate of drug-likeness (QED) is 0.623. The smallest absolute Gasteiger partial charge is 0.356 e. The third kappa shape index (κ3) is 3.55. The number of carboxylic acids is 1. The van der Waals surface area contributed by atoms with Crippen molar-refractivity contribution >= 4 is 11.9 Å². The molecule has 0 saturated carbocycles. The van der Waals surface area contributed by atoms with Crippen LogP contribution in [0.2, 0.25) is 0 Å². The van der Waals surface area contributed by atoms with Crippen LogP contribution in [0.25, 0.3) is 0 Å². The fraction of sp³-hybridized carbons (Fsp3) is 0.583. The van der Waals surface area contributed by atoms with Crippen molar-refractivity contribution in [1.82, 2.24) is 20.2 Å². The zero-order chi connectivity index (χ0) is 14.5. The number of methoxy groups -OCH3 is 1. The van der Waals surface area contributed by atoms with Crippen LogP contribution in [0.3, 0.4) is 0 Å². The van der Waals surface area contributed by atoms with Gasteiger partial charge in [0.1, 0.15) is 0 Å². The van der Waals surface area contributed by atoms with Crippen LogP contribution in [0.15, 0.2) is 12.5 Å². The molecule has 1 aliphatic rings. The predicted molar refractivity (Wildman–Crippen MR) is 69.4 cm³/mol. The Morgan fingerprint density at radius 2 is 2.45 bits per heavy atom. The Morgan fingerprint density at radius 3 is 3.05 bits per heavy atom. The van der Waals surface area contributed by atoms with E-state index in [0.717, 1.165) is 0 Å². The standard InChI is InChI=1S/C12H18N4O4/c1-20-8-4-9(14-5-8)11(17)13-2-3-16-6-10(12(18)19)15-7-16/h6-9,14H,2-5H2,1H3,(H,13,17)(H,18,19). The number of nitrogens with one attached hydrogen (secondary N) is 2. The molecule has 2 heterocycles. The minimum atomic E-state index is -1.06. The average Bonchev–Trinajstić information content (AvgIpc) is 3.07. The van der Waals surface area contributed by atoms with Crippen molar-refractivity contribution in [3.8, 4) is 0 Å². The average molecular weight is 282 g/mol. The van der Waals surface area contributed by atoms with Gasteiger partial charge in [-0.1, -0.05) is 0 Å². The largest absolute Gasteiger partial charge is 0.476 e. The van der Waals surface area contributed by atoms with Gasteiger partial charge in [-0.05, 0) is 6.42 Å². The molecule has 3 N–H and O–H groups in total. The summed E-state index contributed by atoms with van der Waals surface area (Å²) in [5, 5.41) is 14.6. The predicted octanol–water partition coefficient (Wildman–Crippen LogP) is -0.926. The molecule has 110 valence electrons. The minimum absolute atomic E-state index is 0.00303. The number of imidazole rings is 1. The van der Waals surface area contributed by atoms with Gasteiger partial charge in [0.15, 0.2) is 5.69 Å². The van der Waals surface area contributed by atoms with Crippen LogP contribution in [-0.2, 0) is 16.1 Å². The molecule has 2 unspecified atom stereocenters. The molecule has 0 radical (unpaired) electrons. The number of nitrogens with zero attached hydrogens (tertiary/aromatic N) is 2. The van der Waals surface area contributed by atoms with Crippen LogP contribution in [0.1, 0.15) is 16.9 Å². The Bertz CT molecular complexity index is 488. The first-order valence-corrected chi connectivity index (χ1v) is 6.39. The fourth-order valence-electron chi connectivity index (χ4n) is 2.11. The number of hydrogen-bond donors (Lipinski definition) is 3. The second-order valence-corrected chi connectivity index (χ2v) is 4.65. The van der Waals surface area contributed by atoms with Crippen LogP contribution in [-0.4, -0.2) is 58.9 Å². The summed E-state index contributed by atoms with van der Waals surface area (Å²) in [5.74, 6) is -1.13. The Hall–Kier alpha value is -1.93. The van der Waals surface area contributed by atoms with Gasteiger partial charge < -0.3 is 25.0 Å². The van der Waals surface area contributed by atoms with E-state index >= 15 is 0 Å². The van der Waals surface area contributed by atoms with Gasteiger partial charge >= 0.3 is 5.97 Å². The summed E-state index contributed by atoms with van der Waals surface area (Å²) in [4.78, 5) is 26.3. The van der Waals surface area contributed by atoms with E-state index in [1.165, 1.54) is 12.5 Å². The second-order valence-electron chi connectivity index (χ2n) is 4.65. The number of carboxylic acid groups (broad SMARTS) is 1. The third-order valence-electron chi connectivity index (χ3n) is 3.26. The van der Waals surface area contributed by atoms with E-state index in [1.54, 1.807) is 11.7 Å². The summed E-state index contributed by atoms with van der Waals surface area (Å²) in [5.41, 5.74) is -0.00303. The first kappa shape index (κ1) is 14.5. The maximum Gasteiger partial charge on any atom is 0.356 e. The first-order chi connectivity index (χ1) is 9.60. The van der Waals surface area contributed by atoms with Crippen LogP contribution < -0.4 is 10.6 Å². The molecule has 0 aromatic carbocycles. The summed E-state index contributed by atoms with van der Waals surface area (Å²) in [6.07, 6.45) is 3.61. The van der Waals surface area contributed by atoms with E-state index in [1.807, 2.05) is 0 Å². The summed E-state index contributed by atoms with van der Waals surface area (Å²) < 4.78 is 6.81. The number of carbonyl (C=O) groups excluding carboxylic acids is 1. The molecule has 8 nitrogen and oxygen atoms in total. The van der Waals surface area contributed by atoms with Gasteiger partial charge in [0.25, 0.3) is 0 Å². The molecule has 0 bridgehead atoms. The lowest BCUT2D eigenvalue weighted by atomic mass is 10.2. The zero-order valence-corrected chi connectivity index (χ0v) is 11.2. The molecule has 1 aromatic heterocycles. The first-order valence-electron chi connectivity index (χ1n) is 6.39. The molecular formula is C12H18N4O4. The number of carbonyl (C=O) groups is 2. The lowest BCUT2D eigenvalue weighted by Crippen LogP contribution is -2.41. The van der Waals surface area contributed by atoms with Crippen molar-refractivity contribution in [2.75, 3.05) is 20.2 Å². The minimum Gasteiger partial charge on any atom is -0.476 e. The topological polar surface area (TPSA) is 105 Å². The molecule has 0 aliphatic carbocycles. The lowest BCUT2D eigenvalue weighted by Gasteiger charge is -2.11. The summed E-state index contributed by atoms with van der Waals surface area (Å²) >= 11 is 0. The van der Waals surface area contributed by atoms with Crippen molar-refractivity contribution in [3.63, 3.8) is 0 Å². The molecule has 1 amide bonds. The maximum absolute atomic E-state index is 11.9. The molecule has 1 aliphatic heterocycles. The van der Waals surface area contributed by atoms with Gasteiger partial charge in [0, 0.05) is 32.9 Å². The Morgan fingerprint density at radius 1 is 1.65 bits per heavy atom. The zero-order valence-electron chi connectivity index (χ0n) is 11.2. The van der Waals surface area contributed by atoms with E-state index in [4.69, 9.17) is 9.84 Å².